The van der Waals surface area contributed by atoms with E-state index >= 15 is 0 Å². The molecular weight excluding hydrogens is 236 g/mol. The summed E-state index contributed by atoms with van der Waals surface area (Å²) in [6.07, 6.45) is 0. The highest BCUT2D eigenvalue weighted by Gasteiger charge is 2.06. The molecule has 0 radical (unpaired) electrons. The summed E-state index contributed by atoms with van der Waals surface area (Å²) < 4.78 is 0. The Labute approximate surface area is 114 Å². The average molecular weight is 256 g/mol. The number of aryl methyl sites for hydroxylation is 1. The van der Waals surface area contributed by atoms with Gasteiger partial charge in [0.1, 0.15) is 5.75 Å². The Bertz CT molecular complexity index is 549. The first-order chi connectivity index (χ1) is 9.04. The largest absolute Gasteiger partial charge is 0.508 e. The number of nitrogen functional groups attached to an aromatic ring is 1. The minimum absolute atomic E-state index is 0.296. The Morgan fingerprint density at radius 2 is 1.74 bits per heavy atom. The molecule has 0 fully saturated rings. The number of rotatable bonds is 4. The van der Waals surface area contributed by atoms with E-state index in [4.69, 9.17) is 5.73 Å². The Balaban J connectivity index is 2.02. The fourth-order valence-corrected chi connectivity index (χ4v) is 2.08. The van der Waals surface area contributed by atoms with E-state index in [1.165, 1.54) is 11.1 Å². The van der Waals surface area contributed by atoms with Crippen molar-refractivity contribution in [2.45, 2.75) is 20.0 Å². The molecule has 2 rings (SSSR count). The van der Waals surface area contributed by atoms with Crippen LogP contribution >= 0.6 is 0 Å². The standard InChI is InChI=1S/C16H20N2O/c1-12-3-5-13(6-4-12)10-18(2)11-14-9-15(17)7-8-16(14)19/h3-9,19H,10-11,17H2,1-2H3. The number of nitrogens with two attached hydrogens (primary N) is 1. The Kier molecular flexibility index (Phi) is 4.07. The van der Waals surface area contributed by atoms with E-state index in [2.05, 4.69) is 36.1 Å². The van der Waals surface area contributed by atoms with Crippen LogP contribution < -0.4 is 5.73 Å². The van der Waals surface area contributed by atoms with Crippen LogP contribution in [0.15, 0.2) is 42.5 Å². The van der Waals surface area contributed by atoms with Crippen LogP contribution in [0.2, 0.25) is 0 Å². The van der Waals surface area contributed by atoms with Gasteiger partial charge in [0, 0.05) is 24.3 Å². The summed E-state index contributed by atoms with van der Waals surface area (Å²) in [5.74, 6) is 0.296. The first-order valence-corrected chi connectivity index (χ1v) is 6.36. The SMILES string of the molecule is Cc1ccc(CN(C)Cc2cc(N)ccc2O)cc1. The maximum atomic E-state index is 9.80. The van der Waals surface area contributed by atoms with E-state index in [1.54, 1.807) is 12.1 Å². The van der Waals surface area contributed by atoms with Gasteiger partial charge in [0.15, 0.2) is 0 Å². The second-order valence-corrected chi connectivity index (χ2v) is 5.05. The fourth-order valence-electron chi connectivity index (χ4n) is 2.08. The first kappa shape index (κ1) is 13.4. The summed E-state index contributed by atoms with van der Waals surface area (Å²) in [5.41, 5.74) is 9.80. The quantitative estimate of drug-likeness (QED) is 0.653. The number of anilines is 1. The van der Waals surface area contributed by atoms with Gasteiger partial charge in [-0.25, -0.2) is 0 Å². The van der Waals surface area contributed by atoms with Gasteiger partial charge in [-0.2, -0.15) is 0 Å². The molecule has 0 aliphatic rings. The minimum Gasteiger partial charge on any atom is -0.508 e. The highest BCUT2D eigenvalue weighted by atomic mass is 16.3. The van der Waals surface area contributed by atoms with Crippen LogP contribution in [-0.4, -0.2) is 17.1 Å². The van der Waals surface area contributed by atoms with Gasteiger partial charge >= 0.3 is 0 Å². The topological polar surface area (TPSA) is 49.5 Å². The van der Waals surface area contributed by atoms with Crippen LogP contribution in [0.25, 0.3) is 0 Å². The lowest BCUT2D eigenvalue weighted by Gasteiger charge is -2.18. The summed E-state index contributed by atoms with van der Waals surface area (Å²) in [7, 11) is 2.03. The highest BCUT2D eigenvalue weighted by molar-refractivity contribution is 5.47. The third-order valence-electron chi connectivity index (χ3n) is 3.12. The maximum absolute atomic E-state index is 9.80. The van der Waals surface area contributed by atoms with E-state index in [-0.39, 0.29) is 0 Å². The third kappa shape index (κ3) is 3.73. The highest BCUT2D eigenvalue weighted by Crippen LogP contribution is 2.21. The zero-order valence-electron chi connectivity index (χ0n) is 11.4. The molecule has 0 amide bonds. The number of phenolic OH excluding ortho intramolecular Hbond substituents is 1. The average Bonchev–Trinajstić information content (AvgIpc) is 2.37. The smallest absolute Gasteiger partial charge is 0.120 e. The van der Waals surface area contributed by atoms with E-state index in [0.29, 0.717) is 18.0 Å². The number of phenols is 1. The molecule has 0 aliphatic heterocycles. The lowest BCUT2D eigenvalue weighted by atomic mass is 10.1. The molecule has 0 spiro atoms. The Morgan fingerprint density at radius 1 is 1.05 bits per heavy atom. The van der Waals surface area contributed by atoms with Crippen LogP contribution in [-0.2, 0) is 13.1 Å². The van der Waals surface area contributed by atoms with E-state index < -0.39 is 0 Å². The second kappa shape index (κ2) is 5.76. The van der Waals surface area contributed by atoms with Crippen LogP contribution in [0.5, 0.6) is 5.75 Å². The molecule has 2 aromatic rings. The molecule has 19 heavy (non-hydrogen) atoms. The lowest BCUT2D eigenvalue weighted by Crippen LogP contribution is -2.17. The number of benzene rings is 2. The molecule has 3 nitrogen and oxygen atoms in total. The van der Waals surface area contributed by atoms with Crippen LogP contribution in [0.1, 0.15) is 16.7 Å². The lowest BCUT2D eigenvalue weighted by molar-refractivity contribution is 0.312. The molecule has 0 heterocycles. The zero-order chi connectivity index (χ0) is 13.8. The summed E-state index contributed by atoms with van der Waals surface area (Å²) in [6.45, 7) is 3.59. The van der Waals surface area contributed by atoms with Gasteiger partial charge in [-0.15, -0.1) is 0 Å². The van der Waals surface area contributed by atoms with E-state index in [9.17, 15) is 5.11 Å². The Hall–Kier alpha value is -2.00. The summed E-state index contributed by atoms with van der Waals surface area (Å²) in [5, 5.41) is 9.80. The molecule has 0 saturated carbocycles. The molecular formula is C16H20N2O. The van der Waals surface area contributed by atoms with Gasteiger partial charge in [0.25, 0.3) is 0 Å². The maximum Gasteiger partial charge on any atom is 0.120 e. The van der Waals surface area contributed by atoms with Crippen molar-refractivity contribution in [3.8, 4) is 5.75 Å². The molecule has 0 saturated heterocycles. The molecule has 0 unspecified atom stereocenters. The van der Waals surface area contributed by atoms with E-state index in [1.807, 2.05) is 13.1 Å². The summed E-state index contributed by atoms with van der Waals surface area (Å²) >= 11 is 0. The van der Waals surface area contributed by atoms with Crippen molar-refractivity contribution in [1.82, 2.24) is 4.90 Å². The molecule has 100 valence electrons. The fraction of sp³-hybridized carbons (Fsp3) is 0.250. The molecule has 0 atom stereocenters. The molecule has 0 bridgehead atoms. The number of hydrogen-bond acceptors (Lipinski definition) is 3. The van der Waals surface area contributed by atoms with Crippen LogP contribution in [0.3, 0.4) is 0 Å². The molecule has 2 aromatic carbocycles. The van der Waals surface area contributed by atoms with Crippen LogP contribution in [0, 0.1) is 6.92 Å². The minimum atomic E-state index is 0.296. The predicted molar refractivity (Wildman–Crippen MR) is 78.9 cm³/mol. The van der Waals surface area contributed by atoms with Crippen molar-refractivity contribution in [3.63, 3.8) is 0 Å². The third-order valence-corrected chi connectivity index (χ3v) is 3.12. The number of hydrogen-bond donors (Lipinski definition) is 2. The number of aromatic hydroxyl groups is 1. The van der Waals surface area contributed by atoms with Crippen molar-refractivity contribution in [2.75, 3.05) is 12.8 Å². The van der Waals surface area contributed by atoms with Gasteiger partial charge in [0.05, 0.1) is 0 Å². The van der Waals surface area contributed by atoms with Crippen molar-refractivity contribution in [3.05, 3.63) is 59.2 Å². The van der Waals surface area contributed by atoms with Crippen molar-refractivity contribution in [1.29, 1.82) is 0 Å². The summed E-state index contributed by atoms with van der Waals surface area (Å²) in [6, 6.07) is 13.7. The molecule has 3 heteroatoms. The van der Waals surface area contributed by atoms with Gasteiger partial charge in [-0.05, 0) is 37.7 Å². The van der Waals surface area contributed by atoms with Gasteiger partial charge in [0.2, 0.25) is 0 Å². The second-order valence-electron chi connectivity index (χ2n) is 5.05. The van der Waals surface area contributed by atoms with Crippen LogP contribution in [0.4, 0.5) is 5.69 Å². The zero-order valence-corrected chi connectivity index (χ0v) is 11.4. The molecule has 3 N–H and O–H groups in total. The van der Waals surface area contributed by atoms with Crippen molar-refractivity contribution >= 4 is 5.69 Å². The van der Waals surface area contributed by atoms with Gasteiger partial charge in [-0.1, -0.05) is 29.8 Å². The Morgan fingerprint density at radius 3 is 2.42 bits per heavy atom. The van der Waals surface area contributed by atoms with Gasteiger partial charge in [-0.3, -0.25) is 4.90 Å². The van der Waals surface area contributed by atoms with E-state index in [0.717, 1.165) is 12.1 Å². The van der Waals surface area contributed by atoms with Crippen molar-refractivity contribution in [2.24, 2.45) is 0 Å². The first-order valence-electron chi connectivity index (χ1n) is 6.36. The van der Waals surface area contributed by atoms with Gasteiger partial charge < -0.3 is 10.8 Å². The molecule has 0 aliphatic carbocycles. The normalized spacial score (nSPS) is 10.9. The van der Waals surface area contributed by atoms with Crippen molar-refractivity contribution < 1.29 is 5.11 Å². The molecule has 0 aromatic heterocycles. The monoisotopic (exact) mass is 256 g/mol. The summed E-state index contributed by atoms with van der Waals surface area (Å²) in [4.78, 5) is 2.15. The predicted octanol–water partition coefficient (Wildman–Crippen LogP) is 2.91. The number of nitrogens with zero attached hydrogens (tertiary/aromatic N) is 1.